The number of thioether (sulfide) groups is 1. The highest BCUT2D eigenvalue weighted by atomic mass is 32.2. The Balaban J connectivity index is 1.73. The first-order valence-electron chi connectivity index (χ1n) is 7.41. The Labute approximate surface area is 148 Å². The first-order chi connectivity index (χ1) is 11.8. The molecule has 4 nitrogen and oxygen atoms in total. The summed E-state index contributed by atoms with van der Waals surface area (Å²) in [6.07, 6.45) is 3.64. The van der Waals surface area contributed by atoms with E-state index < -0.39 is 0 Å². The van der Waals surface area contributed by atoms with Gasteiger partial charge in [0.25, 0.3) is 0 Å². The zero-order chi connectivity index (χ0) is 16.4. The number of hydrogen-bond donors (Lipinski definition) is 1. The van der Waals surface area contributed by atoms with Crippen molar-refractivity contribution in [2.75, 3.05) is 6.26 Å². The predicted octanol–water partition coefficient (Wildman–Crippen LogP) is 4.89. The van der Waals surface area contributed by atoms with E-state index in [2.05, 4.69) is 57.6 Å². The quantitative estimate of drug-likeness (QED) is 0.419. The molecule has 0 unspecified atom stereocenters. The van der Waals surface area contributed by atoms with Gasteiger partial charge in [-0.1, -0.05) is 42.1 Å². The second kappa shape index (κ2) is 6.67. The number of imidazole rings is 1. The lowest BCUT2D eigenvalue weighted by Crippen LogP contribution is -1.85. The summed E-state index contributed by atoms with van der Waals surface area (Å²) in [7, 11) is 0. The van der Waals surface area contributed by atoms with Gasteiger partial charge in [0.15, 0.2) is 5.65 Å². The van der Waals surface area contributed by atoms with Gasteiger partial charge in [-0.2, -0.15) is 0 Å². The average molecular weight is 350 g/mol. The lowest BCUT2D eigenvalue weighted by molar-refractivity contribution is 1.08. The molecule has 0 atom stereocenters. The Bertz CT molecular complexity index is 965. The molecule has 0 fully saturated rings. The van der Waals surface area contributed by atoms with E-state index in [0.717, 1.165) is 32.5 Å². The van der Waals surface area contributed by atoms with Gasteiger partial charge in [0.1, 0.15) is 22.7 Å². The number of nitrogens with one attached hydrogen (secondary N) is 1. The minimum absolute atomic E-state index is 0.757. The zero-order valence-corrected chi connectivity index (χ0v) is 14.6. The largest absolute Gasteiger partial charge is 0.322 e. The number of fused-ring (bicyclic) bond motifs is 1. The van der Waals surface area contributed by atoms with Crippen molar-refractivity contribution in [1.82, 2.24) is 19.9 Å². The van der Waals surface area contributed by atoms with E-state index in [-0.39, 0.29) is 0 Å². The molecule has 0 amide bonds. The van der Waals surface area contributed by atoms with Gasteiger partial charge in [-0.15, -0.1) is 11.8 Å². The van der Waals surface area contributed by atoms with Crippen LogP contribution in [-0.4, -0.2) is 26.2 Å². The number of aromatic nitrogens is 4. The lowest BCUT2D eigenvalue weighted by atomic mass is 10.2. The SMILES string of the molecule is CSc1ccc(-c2nc3c(Sc4ccccc4)ncnc3[nH]2)cc1. The minimum Gasteiger partial charge on any atom is -0.322 e. The second-order valence-corrected chi connectivity index (χ2v) is 7.05. The van der Waals surface area contributed by atoms with Crippen LogP contribution in [-0.2, 0) is 0 Å². The maximum absolute atomic E-state index is 4.73. The molecule has 0 spiro atoms. The highest BCUT2D eigenvalue weighted by Gasteiger charge is 2.12. The van der Waals surface area contributed by atoms with Crippen LogP contribution in [0.5, 0.6) is 0 Å². The maximum Gasteiger partial charge on any atom is 0.162 e. The Morgan fingerprint density at radius 1 is 0.875 bits per heavy atom. The normalized spacial score (nSPS) is 11.0. The Morgan fingerprint density at radius 3 is 2.42 bits per heavy atom. The van der Waals surface area contributed by atoms with Crippen molar-refractivity contribution in [2.45, 2.75) is 14.8 Å². The van der Waals surface area contributed by atoms with E-state index in [4.69, 9.17) is 4.98 Å². The molecule has 0 radical (unpaired) electrons. The number of H-pyrrole nitrogens is 1. The summed E-state index contributed by atoms with van der Waals surface area (Å²) in [6.45, 7) is 0. The molecule has 4 aromatic rings. The third-order valence-corrected chi connectivity index (χ3v) is 5.31. The molecule has 4 rings (SSSR count). The van der Waals surface area contributed by atoms with Gasteiger partial charge in [-0.05, 0) is 30.5 Å². The van der Waals surface area contributed by atoms with Crippen LogP contribution >= 0.6 is 23.5 Å². The first-order valence-corrected chi connectivity index (χ1v) is 9.45. The number of benzene rings is 2. The van der Waals surface area contributed by atoms with Crippen molar-refractivity contribution < 1.29 is 0 Å². The summed E-state index contributed by atoms with van der Waals surface area (Å²) in [5, 5.41) is 0.856. The second-order valence-electron chi connectivity index (χ2n) is 5.11. The van der Waals surface area contributed by atoms with E-state index in [1.165, 1.54) is 4.90 Å². The van der Waals surface area contributed by atoms with Gasteiger partial charge in [-0.25, -0.2) is 15.0 Å². The summed E-state index contributed by atoms with van der Waals surface area (Å²) in [5.74, 6) is 0.813. The Morgan fingerprint density at radius 2 is 1.67 bits per heavy atom. The summed E-state index contributed by atoms with van der Waals surface area (Å²) in [6, 6.07) is 18.5. The fourth-order valence-electron chi connectivity index (χ4n) is 2.37. The number of rotatable bonds is 4. The average Bonchev–Trinajstić information content (AvgIpc) is 3.08. The van der Waals surface area contributed by atoms with Crippen LogP contribution in [0, 0.1) is 0 Å². The Hall–Kier alpha value is -2.31. The van der Waals surface area contributed by atoms with E-state index >= 15 is 0 Å². The third-order valence-electron chi connectivity index (χ3n) is 3.57. The van der Waals surface area contributed by atoms with Crippen LogP contribution in [0.15, 0.2) is 75.7 Å². The summed E-state index contributed by atoms with van der Waals surface area (Å²) >= 11 is 3.32. The van der Waals surface area contributed by atoms with Gasteiger partial charge in [-0.3, -0.25) is 0 Å². The van der Waals surface area contributed by atoms with Crippen LogP contribution in [0.2, 0.25) is 0 Å². The fourth-order valence-corrected chi connectivity index (χ4v) is 3.63. The molecule has 24 heavy (non-hydrogen) atoms. The van der Waals surface area contributed by atoms with Gasteiger partial charge in [0.2, 0.25) is 0 Å². The molecule has 0 aliphatic carbocycles. The first kappa shape index (κ1) is 15.2. The number of hydrogen-bond acceptors (Lipinski definition) is 5. The predicted molar refractivity (Wildman–Crippen MR) is 99.5 cm³/mol. The molecule has 2 aromatic carbocycles. The number of aromatic amines is 1. The van der Waals surface area contributed by atoms with E-state index in [0.29, 0.717) is 0 Å². The van der Waals surface area contributed by atoms with Crippen molar-refractivity contribution in [3.63, 3.8) is 0 Å². The molecule has 0 aliphatic rings. The van der Waals surface area contributed by atoms with Gasteiger partial charge in [0.05, 0.1) is 0 Å². The molecule has 1 N–H and O–H groups in total. The van der Waals surface area contributed by atoms with Crippen molar-refractivity contribution in [1.29, 1.82) is 0 Å². The van der Waals surface area contributed by atoms with Crippen molar-refractivity contribution in [2.24, 2.45) is 0 Å². The van der Waals surface area contributed by atoms with Crippen molar-refractivity contribution in [3.8, 4) is 11.4 Å². The standard InChI is InChI=1S/C18H14N4S2/c1-23-13-9-7-12(8-10-13)16-21-15-17(22-16)19-11-20-18(15)24-14-5-3-2-4-6-14/h2-11H,1H3,(H,19,20,21,22). The van der Waals surface area contributed by atoms with Crippen molar-refractivity contribution >= 4 is 34.7 Å². The molecule has 2 heterocycles. The molecule has 118 valence electrons. The van der Waals surface area contributed by atoms with Crippen LogP contribution in [0.4, 0.5) is 0 Å². The third kappa shape index (κ3) is 3.02. The smallest absolute Gasteiger partial charge is 0.162 e. The molecule has 0 saturated heterocycles. The molecule has 0 saturated carbocycles. The van der Waals surface area contributed by atoms with Crippen molar-refractivity contribution in [3.05, 3.63) is 60.9 Å². The Kier molecular flexibility index (Phi) is 4.23. The van der Waals surface area contributed by atoms with E-state index in [1.54, 1.807) is 29.9 Å². The highest BCUT2D eigenvalue weighted by molar-refractivity contribution is 7.99. The molecular formula is C18H14N4S2. The molecule has 6 heteroatoms. The van der Waals surface area contributed by atoms with E-state index in [1.807, 2.05) is 18.2 Å². The molecule has 0 bridgehead atoms. The monoisotopic (exact) mass is 350 g/mol. The summed E-state index contributed by atoms with van der Waals surface area (Å²) < 4.78 is 0. The van der Waals surface area contributed by atoms with Crippen LogP contribution in [0.3, 0.4) is 0 Å². The molecular weight excluding hydrogens is 336 g/mol. The maximum atomic E-state index is 4.73. The van der Waals surface area contributed by atoms with Crippen LogP contribution in [0.25, 0.3) is 22.6 Å². The van der Waals surface area contributed by atoms with E-state index in [9.17, 15) is 0 Å². The highest BCUT2D eigenvalue weighted by Crippen LogP contribution is 2.31. The zero-order valence-electron chi connectivity index (χ0n) is 12.9. The number of nitrogens with zero attached hydrogens (tertiary/aromatic N) is 3. The minimum atomic E-state index is 0.757. The summed E-state index contributed by atoms with van der Waals surface area (Å²) in [4.78, 5) is 19.1. The van der Waals surface area contributed by atoms with Gasteiger partial charge >= 0.3 is 0 Å². The molecule has 2 aromatic heterocycles. The lowest BCUT2D eigenvalue weighted by Gasteiger charge is -2.00. The summed E-state index contributed by atoms with van der Waals surface area (Å²) in [5.41, 5.74) is 2.60. The van der Waals surface area contributed by atoms with Gasteiger partial charge in [0, 0.05) is 15.4 Å². The fraction of sp³-hybridized carbons (Fsp3) is 0.0556. The van der Waals surface area contributed by atoms with Gasteiger partial charge < -0.3 is 4.98 Å². The topological polar surface area (TPSA) is 54.5 Å². The van der Waals surface area contributed by atoms with Crippen LogP contribution in [0.1, 0.15) is 0 Å². The van der Waals surface area contributed by atoms with Crippen LogP contribution < -0.4 is 0 Å². The molecule has 0 aliphatic heterocycles.